The minimum atomic E-state index is 0. The van der Waals surface area contributed by atoms with Gasteiger partial charge in [-0.05, 0) is 31.0 Å². The van der Waals surface area contributed by atoms with Crippen LogP contribution < -0.4 is 0 Å². The maximum absolute atomic E-state index is 8.07. The van der Waals surface area contributed by atoms with Crippen LogP contribution in [0, 0.1) is 6.92 Å². The van der Waals surface area contributed by atoms with E-state index < -0.39 is 0 Å². The van der Waals surface area contributed by atoms with Crippen LogP contribution in [-0.4, -0.2) is 17.2 Å². The Kier molecular flexibility index (Phi) is 11.9. The van der Waals surface area contributed by atoms with E-state index in [1.807, 2.05) is 31.2 Å². The molecule has 1 aromatic rings. The van der Waals surface area contributed by atoms with E-state index in [4.69, 9.17) is 16.7 Å². The van der Waals surface area contributed by atoms with E-state index in [1.165, 1.54) is 5.56 Å². The zero-order valence-electron chi connectivity index (χ0n) is 8.76. The molecule has 1 rings (SSSR count). The Morgan fingerprint density at radius 3 is 2.21 bits per heavy atom. The summed E-state index contributed by atoms with van der Waals surface area (Å²) in [5, 5.41) is 8.88. The molecule has 3 heteroatoms. The summed E-state index contributed by atoms with van der Waals surface area (Å²) >= 11 is 5.64. The van der Waals surface area contributed by atoms with Crippen molar-refractivity contribution in [1.82, 2.24) is 0 Å². The van der Waals surface area contributed by atoms with Crippen LogP contribution >= 0.6 is 11.6 Å². The third-order valence-electron chi connectivity index (χ3n) is 1.49. The Morgan fingerprint density at radius 1 is 1.36 bits per heavy atom. The van der Waals surface area contributed by atoms with Gasteiger partial charge in [-0.25, -0.2) is 0 Å². The fraction of sp³-hybridized carbons (Fsp3) is 0.455. The van der Waals surface area contributed by atoms with E-state index in [0.29, 0.717) is 6.61 Å². The number of hydrogen-bond acceptors (Lipinski definition) is 1. The fourth-order valence-corrected chi connectivity index (χ4v) is 1.01. The van der Waals surface area contributed by atoms with Crippen LogP contribution in [0.3, 0.4) is 0 Å². The lowest BCUT2D eigenvalue weighted by Gasteiger charge is -1.88. The van der Waals surface area contributed by atoms with Crippen molar-refractivity contribution >= 4 is 11.6 Å². The van der Waals surface area contributed by atoms with Crippen LogP contribution in [0.4, 0.5) is 0 Å². The maximum Gasteiger partial charge on any atom is 0.0430 e. The van der Waals surface area contributed by atoms with Gasteiger partial charge in [0.15, 0.2) is 0 Å². The van der Waals surface area contributed by atoms with Gasteiger partial charge in [-0.1, -0.05) is 37.1 Å². The molecule has 0 aromatic heterocycles. The summed E-state index contributed by atoms with van der Waals surface area (Å²) in [5.41, 5.74) is 1.21. The predicted octanol–water partition coefficient (Wildman–Crippen LogP) is 2.60. The van der Waals surface area contributed by atoms with Gasteiger partial charge in [-0.15, -0.1) is 0 Å². The van der Waals surface area contributed by atoms with E-state index in [2.05, 4.69) is 6.92 Å². The van der Waals surface area contributed by atoms with Gasteiger partial charge in [0.2, 0.25) is 0 Å². The van der Waals surface area contributed by atoms with Crippen molar-refractivity contribution in [2.45, 2.75) is 26.7 Å². The first-order chi connectivity index (χ1) is 6.20. The zero-order valence-corrected chi connectivity index (χ0v) is 9.51. The number of aliphatic hydroxyl groups is 1. The molecule has 0 aliphatic carbocycles. The van der Waals surface area contributed by atoms with E-state index >= 15 is 0 Å². The molecule has 1 aromatic carbocycles. The highest BCUT2D eigenvalue weighted by Crippen LogP contribution is 2.08. The summed E-state index contributed by atoms with van der Waals surface area (Å²) in [6.45, 7) is 4.42. The van der Waals surface area contributed by atoms with E-state index in [-0.39, 0.29) is 5.48 Å². The Bertz CT molecular complexity index is 207. The highest BCUT2D eigenvalue weighted by atomic mass is 35.5. The van der Waals surface area contributed by atoms with Gasteiger partial charge in [0.1, 0.15) is 0 Å². The molecule has 0 saturated heterocycles. The number of aryl methyl sites for hydroxylation is 1. The largest absolute Gasteiger partial charge is 0.412 e. The van der Waals surface area contributed by atoms with Crippen LogP contribution in [0.5, 0.6) is 0 Å². The predicted molar refractivity (Wildman–Crippen MR) is 61.8 cm³/mol. The molecule has 0 radical (unpaired) electrons. The van der Waals surface area contributed by atoms with Crippen molar-refractivity contribution in [3.05, 3.63) is 34.9 Å². The topological polar surface area (TPSA) is 51.7 Å². The Balaban J connectivity index is 0. The molecule has 2 nitrogen and oxygen atoms in total. The second kappa shape index (κ2) is 10.5. The summed E-state index contributed by atoms with van der Waals surface area (Å²) in [4.78, 5) is 0. The van der Waals surface area contributed by atoms with Crippen molar-refractivity contribution in [3.8, 4) is 0 Å². The summed E-state index contributed by atoms with van der Waals surface area (Å²) in [7, 11) is 0. The van der Waals surface area contributed by atoms with Gasteiger partial charge in [0, 0.05) is 11.6 Å². The summed E-state index contributed by atoms with van der Waals surface area (Å²) < 4.78 is 0. The minimum absolute atomic E-state index is 0. The average molecular weight is 219 g/mol. The zero-order chi connectivity index (χ0) is 10.1. The lowest BCUT2D eigenvalue weighted by Crippen LogP contribution is -1.75. The monoisotopic (exact) mass is 218 g/mol. The van der Waals surface area contributed by atoms with E-state index in [1.54, 1.807) is 0 Å². The molecule has 82 valence electrons. The van der Waals surface area contributed by atoms with Crippen molar-refractivity contribution in [1.29, 1.82) is 0 Å². The van der Waals surface area contributed by atoms with Gasteiger partial charge < -0.3 is 10.6 Å². The highest BCUT2D eigenvalue weighted by molar-refractivity contribution is 6.30. The molecule has 0 heterocycles. The first kappa shape index (κ1) is 15.9. The Labute approximate surface area is 90.8 Å². The number of rotatable bonds is 2. The molecule has 0 aliphatic rings. The lowest BCUT2D eigenvalue weighted by molar-refractivity contribution is 0.287. The molecule has 0 atom stereocenters. The van der Waals surface area contributed by atoms with Gasteiger partial charge >= 0.3 is 0 Å². The molecule has 3 N–H and O–H groups in total. The first-order valence-electron chi connectivity index (χ1n) is 4.53. The van der Waals surface area contributed by atoms with E-state index in [0.717, 1.165) is 17.9 Å². The van der Waals surface area contributed by atoms with Crippen LogP contribution in [0.25, 0.3) is 0 Å². The number of halogens is 1. The van der Waals surface area contributed by atoms with Crippen LogP contribution in [-0.2, 0) is 0 Å². The average Bonchev–Trinajstić information content (AvgIpc) is 2.06. The minimum Gasteiger partial charge on any atom is -0.412 e. The lowest BCUT2D eigenvalue weighted by atomic mass is 10.2. The van der Waals surface area contributed by atoms with Gasteiger partial charge in [0.05, 0.1) is 0 Å². The molecule has 0 amide bonds. The van der Waals surface area contributed by atoms with Gasteiger partial charge in [0.25, 0.3) is 0 Å². The summed E-state index contributed by atoms with van der Waals surface area (Å²) in [6, 6.07) is 7.76. The first-order valence-corrected chi connectivity index (χ1v) is 4.91. The normalized spacial score (nSPS) is 8.29. The van der Waals surface area contributed by atoms with E-state index in [9.17, 15) is 0 Å². The molecule has 0 unspecified atom stereocenters. The van der Waals surface area contributed by atoms with Gasteiger partial charge in [-0.3, -0.25) is 0 Å². The highest BCUT2D eigenvalue weighted by Gasteiger charge is 1.82. The summed E-state index contributed by atoms with van der Waals surface area (Å²) in [6.07, 6.45) is 2.04. The van der Waals surface area contributed by atoms with Crippen molar-refractivity contribution in [2.75, 3.05) is 6.61 Å². The SMILES string of the molecule is CCCCO.Cc1cccc(Cl)c1.O. The molecular weight excluding hydrogens is 200 g/mol. The molecule has 0 bridgehead atoms. The Hall–Kier alpha value is -0.570. The molecule has 0 spiro atoms. The second-order valence-corrected chi connectivity index (χ2v) is 3.31. The second-order valence-electron chi connectivity index (χ2n) is 2.88. The molecule has 0 fully saturated rings. The number of hydrogen-bond donors (Lipinski definition) is 1. The third kappa shape index (κ3) is 9.52. The summed E-state index contributed by atoms with van der Waals surface area (Å²) in [5.74, 6) is 0. The smallest absolute Gasteiger partial charge is 0.0430 e. The number of unbranched alkanes of at least 4 members (excludes halogenated alkanes) is 1. The quantitative estimate of drug-likeness (QED) is 0.815. The van der Waals surface area contributed by atoms with Gasteiger partial charge in [-0.2, -0.15) is 0 Å². The molecule has 0 saturated carbocycles. The third-order valence-corrected chi connectivity index (χ3v) is 1.73. The Morgan fingerprint density at radius 2 is 2.00 bits per heavy atom. The molecular formula is C11H19ClO2. The molecule has 14 heavy (non-hydrogen) atoms. The van der Waals surface area contributed by atoms with Crippen LogP contribution in [0.15, 0.2) is 24.3 Å². The van der Waals surface area contributed by atoms with Crippen LogP contribution in [0.2, 0.25) is 5.02 Å². The van der Waals surface area contributed by atoms with Crippen molar-refractivity contribution < 1.29 is 10.6 Å². The van der Waals surface area contributed by atoms with Crippen molar-refractivity contribution in [3.63, 3.8) is 0 Å². The molecule has 0 aliphatic heterocycles. The van der Waals surface area contributed by atoms with Crippen molar-refractivity contribution in [2.24, 2.45) is 0 Å². The standard InChI is InChI=1S/C7H7Cl.C4H10O.H2O/c1-6-3-2-4-7(8)5-6;1-2-3-4-5;/h2-5H,1H3;5H,2-4H2,1H3;1H2. The maximum atomic E-state index is 8.07. The number of benzene rings is 1. The number of aliphatic hydroxyl groups excluding tert-OH is 1. The fourth-order valence-electron chi connectivity index (χ4n) is 0.764. The van der Waals surface area contributed by atoms with Crippen LogP contribution in [0.1, 0.15) is 25.3 Å².